The van der Waals surface area contributed by atoms with Crippen LogP contribution in [0.4, 0.5) is 17.1 Å². The summed E-state index contributed by atoms with van der Waals surface area (Å²) in [7, 11) is -7.70. The maximum atomic E-state index is 13.6. The quantitative estimate of drug-likeness (QED) is 0.362. The van der Waals surface area contributed by atoms with Crippen LogP contribution in [0.5, 0.6) is 0 Å². The zero-order chi connectivity index (χ0) is 24.3. The summed E-state index contributed by atoms with van der Waals surface area (Å²) in [6.45, 7) is 3.77. The van der Waals surface area contributed by atoms with E-state index in [-0.39, 0.29) is 9.79 Å². The predicted molar refractivity (Wildman–Crippen MR) is 135 cm³/mol. The van der Waals surface area contributed by atoms with E-state index in [1.54, 1.807) is 84.9 Å². The molecule has 1 N–H and O–H groups in total. The molecule has 0 aliphatic rings. The number of nitrogens with zero attached hydrogens (tertiary/aromatic N) is 1. The average Bonchev–Trinajstić information content (AvgIpc) is 2.81. The Kier molecular flexibility index (Phi) is 6.45. The first-order valence-electron chi connectivity index (χ1n) is 10.5. The number of hydrogen-bond acceptors (Lipinski definition) is 4. The lowest BCUT2D eigenvalue weighted by Gasteiger charge is -2.25. The van der Waals surface area contributed by atoms with E-state index in [1.165, 1.54) is 16.4 Å². The normalized spacial score (nSPS) is 11.7. The van der Waals surface area contributed by atoms with Gasteiger partial charge in [-0.25, -0.2) is 21.1 Å². The van der Waals surface area contributed by atoms with Crippen LogP contribution in [0.15, 0.2) is 113 Å². The Balaban J connectivity index is 1.69. The second-order valence-corrected chi connectivity index (χ2v) is 11.4. The van der Waals surface area contributed by atoms with Gasteiger partial charge in [0.05, 0.1) is 21.2 Å². The Morgan fingerprint density at radius 1 is 0.559 bits per heavy atom. The lowest BCUT2D eigenvalue weighted by Crippen LogP contribution is -2.26. The fraction of sp³-hybridized carbons (Fsp3) is 0.0769. The largest absolute Gasteiger partial charge is 0.280 e. The molecule has 0 amide bonds. The Morgan fingerprint density at radius 2 is 1.03 bits per heavy atom. The Labute approximate surface area is 200 Å². The van der Waals surface area contributed by atoms with Gasteiger partial charge < -0.3 is 0 Å². The van der Waals surface area contributed by atoms with Crippen LogP contribution in [0.1, 0.15) is 11.1 Å². The van der Waals surface area contributed by atoms with E-state index in [0.717, 1.165) is 11.1 Å². The van der Waals surface area contributed by atoms with E-state index in [9.17, 15) is 16.8 Å². The summed E-state index contributed by atoms with van der Waals surface area (Å²) in [5, 5.41) is 0. The van der Waals surface area contributed by atoms with Gasteiger partial charge in [0.15, 0.2) is 0 Å². The van der Waals surface area contributed by atoms with Gasteiger partial charge in [-0.3, -0.25) is 4.72 Å². The molecule has 4 aromatic rings. The summed E-state index contributed by atoms with van der Waals surface area (Å²) >= 11 is 0. The fourth-order valence-corrected chi connectivity index (χ4v) is 5.95. The summed E-state index contributed by atoms with van der Waals surface area (Å²) in [5.74, 6) is 0. The minimum atomic E-state index is -3.92. The summed E-state index contributed by atoms with van der Waals surface area (Å²) < 4.78 is 56.4. The van der Waals surface area contributed by atoms with Crippen LogP contribution in [0.2, 0.25) is 0 Å². The zero-order valence-corrected chi connectivity index (χ0v) is 20.3. The summed E-state index contributed by atoms with van der Waals surface area (Å²) in [6.07, 6.45) is 0. The summed E-state index contributed by atoms with van der Waals surface area (Å²) in [4.78, 5) is 0.307. The van der Waals surface area contributed by atoms with E-state index in [4.69, 9.17) is 0 Å². The van der Waals surface area contributed by atoms with Crippen molar-refractivity contribution in [3.8, 4) is 0 Å². The highest BCUT2D eigenvalue weighted by Gasteiger charge is 2.26. The van der Waals surface area contributed by atoms with Crippen LogP contribution in [0.25, 0.3) is 0 Å². The van der Waals surface area contributed by atoms with Gasteiger partial charge in [-0.2, -0.15) is 0 Å². The van der Waals surface area contributed by atoms with Gasteiger partial charge in [-0.05, 0) is 74.5 Å². The van der Waals surface area contributed by atoms with Crippen LogP contribution in [-0.4, -0.2) is 16.8 Å². The Hall–Kier alpha value is -3.62. The van der Waals surface area contributed by atoms with Crippen molar-refractivity contribution in [2.75, 3.05) is 9.03 Å². The molecule has 4 rings (SSSR count). The number of sulfonamides is 2. The number of rotatable bonds is 7. The second kappa shape index (κ2) is 9.32. The first-order valence-corrected chi connectivity index (χ1v) is 13.5. The molecule has 0 saturated carbocycles. The van der Waals surface area contributed by atoms with Crippen molar-refractivity contribution < 1.29 is 16.8 Å². The third-order valence-electron chi connectivity index (χ3n) is 5.24. The smallest absolute Gasteiger partial charge is 0.268 e. The van der Waals surface area contributed by atoms with E-state index < -0.39 is 20.0 Å². The summed E-state index contributed by atoms with van der Waals surface area (Å²) in [6, 6.07) is 28.2. The number of aryl methyl sites for hydroxylation is 2. The first-order chi connectivity index (χ1) is 16.2. The molecular formula is C26H24N2O4S2. The van der Waals surface area contributed by atoms with Crippen molar-refractivity contribution in [2.45, 2.75) is 23.6 Å². The van der Waals surface area contributed by atoms with E-state index >= 15 is 0 Å². The molecule has 0 heterocycles. The lowest BCUT2D eigenvalue weighted by atomic mass is 10.2. The minimum absolute atomic E-state index is 0.148. The Bertz CT molecular complexity index is 1480. The molecule has 0 aliphatic carbocycles. The van der Waals surface area contributed by atoms with Gasteiger partial charge in [-0.15, -0.1) is 0 Å². The van der Waals surface area contributed by atoms with Crippen molar-refractivity contribution in [1.82, 2.24) is 0 Å². The third-order valence-corrected chi connectivity index (χ3v) is 8.40. The standard InChI is InChI=1S/C26H24N2O4S2/c1-20-8-16-25(17-9-20)33(29,30)27-22-12-14-24(15-13-22)28(23-6-4-3-5-7-23)34(31,32)26-18-10-21(2)11-19-26/h3-19,27H,1-2H3. The minimum Gasteiger partial charge on any atom is -0.280 e. The number of para-hydroxylation sites is 1. The lowest BCUT2D eigenvalue weighted by molar-refractivity contribution is 0.595. The SMILES string of the molecule is Cc1ccc(S(=O)(=O)Nc2ccc(N(c3ccccc3)S(=O)(=O)c3ccc(C)cc3)cc2)cc1. The van der Waals surface area contributed by atoms with Crippen LogP contribution < -0.4 is 9.03 Å². The second-order valence-electron chi connectivity index (χ2n) is 7.88. The van der Waals surface area contributed by atoms with E-state index in [2.05, 4.69) is 4.72 Å². The monoisotopic (exact) mass is 492 g/mol. The van der Waals surface area contributed by atoms with Gasteiger partial charge in [-0.1, -0.05) is 53.6 Å². The highest BCUT2D eigenvalue weighted by atomic mass is 32.2. The van der Waals surface area contributed by atoms with Crippen molar-refractivity contribution in [3.05, 3.63) is 114 Å². The van der Waals surface area contributed by atoms with Gasteiger partial charge in [0.2, 0.25) is 0 Å². The van der Waals surface area contributed by atoms with Crippen molar-refractivity contribution in [1.29, 1.82) is 0 Å². The van der Waals surface area contributed by atoms with Gasteiger partial charge in [0.1, 0.15) is 0 Å². The van der Waals surface area contributed by atoms with Crippen molar-refractivity contribution >= 4 is 37.1 Å². The molecule has 0 aliphatic heterocycles. The molecule has 0 fully saturated rings. The fourth-order valence-electron chi connectivity index (χ4n) is 3.40. The molecule has 0 saturated heterocycles. The molecule has 34 heavy (non-hydrogen) atoms. The number of benzene rings is 4. The molecule has 0 radical (unpaired) electrons. The van der Waals surface area contributed by atoms with E-state index in [0.29, 0.717) is 17.1 Å². The molecule has 0 unspecified atom stereocenters. The number of anilines is 3. The van der Waals surface area contributed by atoms with Crippen LogP contribution >= 0.6 is 0 Å². The van der Waals surface area contributed by atoms with Gasteiger partial charge >= 0.3 is 0 Å². The third kappa shape index (κ3) is 4.98. The number of nitrogens with one attached hydrogen (secondary N) is 1. The van der Waals surface area contributed by atoms with Crippen LogP contribution in [0, 0.1) is 13.8 Å². The molecule has 174 valence electrons. The Morgan fingerprint density at radius 3 is 1.56 bits per heavy atom. The highest BCUT2D eigenvalue weighted by molar-refractivity contribution is 7.93. The topological polar surface area (TPSA) is 83.6 Å². The average molecular weight is 493 g/mol. The van der Waals surface area contributed by atoms with E-state index in [1.807, 2.05) is 19.9 Å². The molecule has 0 bridgehead atoms. The molecule has 6 nitrogen and oxygen atoms in total. The molecule has 0 atom stereocenters. The highest BCUT2D eigenvalue weighted by Crippen LogP contribution is 2.33. The maximum absolute atomic E-state index is 13.6. The maximum Gasteiger partial charge on any atom is 0.268 e. The van der Waals surface area contributed by atoms with Gasteiger partial charge in [0.25, 0.3) is 20.0 Å². The molecule has 0 aromatic heterocycles. The first kappa shape index (κ1) is 23.5. The number of hydrogen-bond donors (Lipinski definition) is 1. The predicted octanol–water partition coefficient (Wildman–Crippen LogP) is 5.63. The van der Waals surface area contributed by atoms with Crippen molar-refractivity contribution in [2.24, 2.45) is 0 Å². The van der Waals surface area contributed by atoms with Crippen molar-refractivity contribution in [3.63, 3.8) is 0 Å². The zero-order valence-electron chi connectivity index (χ0n) is 18.7. The van der Waals surface area contributed by atoms with Gasteiger partial charge in [0, 0.05) is 5.69 Å². The molecule has 4 aromatic carbocycles. The van der Waals surface area contributed by atoms with Crippen LogP contribution in [0.3, 0.4) is 0 Å². The van der Waals surface area contributed by atoms with Crippen LogP contribution in [-0.2, 0) is 20.0 Å². The molecule has 0 spiro atoms. The molecule has 8 heteroatoms. The summed E-state index contributed by atoms with van der Waals surface area (Å²) in [5.41, 5.74) is 3.08. The molecular weight excluding hydrogens is 468 g/mol.